The maximum atomic E-state index is 14.4. The van der Waals surface area contributed by atoms with E-state index in [9.17, 15) is 27.6 Å². The van der Waals surface area contributed by atoms with Gasteiger partial charge in [-0.2, -0.15) is 18.3 Å². The summed E-state index contributed by atoms with van der Waals surface area (Å²) in [6, 6.07) is 19.9. The molecule has 4 atom stereocenters. The lowest BCUT2D eigenvalue weighted by atomic mass is 9.81. The van der Waals surface area contributed by atoms with Crippen LogP contribution in [0.25, 0.3) is 5.69 Å². The highest BCUT2D eigenvalue weighted by Crippen LogP contribution is 2.42. The summed E-state index contributed by atoms with van der Waals surface area (Å²) in [6.07, 6.45) is -0.728. The Kier molecular flexibility index (Phi) is 9.73. The lowest BCUT2D eigenvalue weighted by Gasteiger charge is -2.45. The molecule has 3 amide bonds. The Hall–Kier alpha value is -5.27. The van der Waals surface area contributed by atoms with E-state index in [-0.39, 0.29) is 36.7 Å². The highest BCUT2D eigenvalue weighted by atomic mass is 19.4. The van der Waals surface area contributed by atoms with E-state index in [1.165, 1.54) is 11.0 Å². The van der Waals surface area contributed by atoms with Crippen LogP contribution in [0, 0.1) is 0 Å². The Morgan fingerprint density at radius 2 is 1.81 bits per heavy atom. The third kappa shape index (κ3) is 6.98. The van der Waals surface area contributed by atoms with Crippen molar-refractivity contribution in [2.45, 2.75) is 56.6 Å². The molecule has 0 aliphatic carbocycles. The smallest absolute Gasteiger partial charge is 0.375 e. The van der Waals surface area contributed by atoms with Gasteiger partial charge >= 0.3 is 6.18 Å². The van der Waals surface area contributed by atoms with Crippen molar-refractivity contribution in [1.29, 1.82) is 0 Å². The molecule has 3 saturated heterocycles. The van der Waals surface area contributed by atoms with Crippen LogP contribution in [0.3, 0.4) is 0 Å². The van der Waals surface area contributed by atoms with Crippen molar-refractivity contribution in [2.75, 3.05) is 31.1 Å². The van der Waals surface area contributed by atoms with E-state index >= 15 is 0 Å². The molecule has 0 radical (unpaired) electrons. The molecule has 13 heteroatoms. The number of benzene rings is 3. The normalized spacial score (nSPS) is 21.5. The number of hydrogen-bond acceptors (Lipinski definition) is 6. The van der Waals surface area contributed by atoms with Gasteiger partial charge in [0.05, 0.1) is 30.2 Å². The van der Waals surface area contributed by atoms with Crippen LogP contribution in [0.15, 0.2) is 97.2 Å². The fourth-order valence-electron chi connectivity index (χ4n) is 7.43. The highest BCUT2D eigenvalue weighted by molar-refractivity contribution is 6.05. The Bertz CT molecular complexity index is 1990. The van der Waals surface area contributed by atoms with E-state index in [1.54, 1.807) is 23.9 Å². The monoisotopic (exact) mass is 712 g/mol. The number of ether oxygens (including phenoxy) is 1. The minimum absolute atomic E-state index is 0.181. The molecular weight excluding hydrogens is 673 g/mol. The number of nitrogens with zero attached hydrogens (tertiary/aromatic N) is 4. The SMILES string of the molecule is C=C(CN1CC2CCC1CO2)C(=O)NCc1cccc([C@@H]2c3cnn(-c4ccccc4)c3N(CC)C(=O)[C@H]2NC(=O)c2cccc(C(F)(F)F)c2)c1. The molecule has 8 rings (SSSR count). The van der Waals surface area contributed by atoms with E-state index in [4.69, 9.17) is 4.74 Å². The average Bonchev–Trinajstić information content (AvgIpc) is 3.59. The number of carbonyl (C=O) groups is 3. The number of alkyl halides is 3. The van der Waals surface area contributed by atoms with Crippen LogP contribution in [-0.2, 0) is 27.0 Å². The van der Waals surface area contributed by atoms with Crippen molar-refractivity contribution in [2.24, 2.45) is 0 Å². The summed E-state index contributed by atoms with van der Waals surface area (Å²) >= 11 is 0. The van der Waals surface area contributed by atoms with E-state index < -0.39 is 35.5 Å². The fourth-order valence-corrected chi connectivity index (χ4v) is 7.43. The summed E-state index contributed by atoms with van der Waals surface area (Å²) in [5.74, 6) is -1.76. The second kappa shape index (κ2) is 14.4. The zero-order valence-corrected chi connectivity index (χ0v) is 28.6. The zero-order chi connectivity index (χ0) is 36.6. The largest absolute Gasteiger partial charge is 0.416 e. The van der Waals surface area contributed by atoms with E-state index in [0.717, 1.165) is 48.8 Å². The van der Waals surface area contributed by atoms with Gasteiger partial charge in [0, 0.05) is 54.8 Å². The number of fused-ring (bicyclic) bond motifs is 4. The number of hydrogen-bond donors (Lipinski definition) is 2. The first kappa shape index (κ1) is 35.1. The first-order valence-corrected chi connectivity index (χ1v) is 17.3. The van der Waals surface area contributed by atoms with E-state index in [2.05, 4.69) is 27.2 Å². The van der Waals surface area contributed by atoms with Gasteiger partial charge in [-0.25, -0.2) is 4.68 Å². The van der Waals surface area contributed by atoms with Gasteiger partial charge in [0.2, 0.25) is 5.91 Å². The molecule has 10 nitrogen and oxygen atoms in total. The van der Waals surface area contributed by atoms with Crippen LogP contribution in [0.2, 0.25) is 0 Å². The van der Waals surface area contributed by atoms with Gasteiger partial charge in [0.15, 0.2) is 0 Å². The van der Waals surface area contributed by atoms with Crippen molar-refractivity contribution >= 4 is 23.5 Å². The van der Waals surface area contributed by atoms with Gasteiger partial charge in [-0.05, 0) is 61.2 Å². The first-order chi connectivity index (χ1) is 25.0. The molecule has 3 fully saturated rings. The van der Waals surface area contributed by atoms with Crippen LogP contribution in [0.1, 0.15) is 58.3 Å². The Morgan fingerprint density at radius 1 is 1.02 bits per heavy atom. The number of aromatic nitrogens is 2. The molecule has 2 bridgehead atoms. The molecule has 4 aromatic rings. The van der Waals surface area contributed by atoms with Gasteiger partial charge in [0.25, 0.3) is 11.8 Å². The number of amides is 3. The number of anilines is 1. The standard InChI is InChI=1S/C39H39F3N6O4/c1-3-47-37-32(20-44-48(37)29-13-5-4-6-14-29)33(34(38(47)51)45-36(50)27-11-8-12-28(18-27)39(40,41)42)26-10-7-9-25(17-26)19-43-35(49)24(2)21-46-22-31-16-15-30(46)23-52-31/h4-14,17-18,20,30-31,33-34H,2-3,15-16,19,21-23H2,1H3,(H,43,49)(H,45,50)/t30?,31?,33-,34+/m1/s1. The number of likely N-dealkylation sites (N-methyl/N-ethyl adjacent to an activating group) is 1. The Balaban J connectivity index is 1.18. The average molecular weight is 713 g/mol. The minimum Gasteiger partial charge on any atom is -0.375 e. The van der Waals surface area contributed by atoms with Crippen molar-refractivity contribution in [3.63, 3.8) is 0 Å². The predicted octanol–water partition coefficient (Wildman–Crippen LogP) is 5.22. The van der Waals surface area contributed by atoms with Crippen molar-refractivity contribution in [3.8, 4) is 5.69 Å². The summed E-state index contributed by atoms with van der Waals surface area (Å²) < 4.78 is 48.1. The predicted molar refractivity (Wildman–Crippen MR) is 188 cm³/mol. The lowest BCUT2D eigenvalue weighted by Crippen LogP contribution is -2.55. The maximum Gasteiger partial charge on any atom is 0.416 e. The number of nitrogens with one attached hydrogen (secondary N) is 2. The van der Waals surface area contributed by atoms with Gasteiger partial charge in [-0.1, -0.05) is 55.1 Å². The van der Waals surface area contributed by atoms with Crippen LogP contribution >= 0.6 is 0 Å². The lowest BCUT2D eigenvalue weighted by molar-refractivity contribution is -0.137. The van der Waals surface area contributed by atoms with Crippen molar-refractivity contribution < 1.29 is 32.3 Å². The van der Waals surface area contributed by atoms with Crippen LogP contribution in [-0.4, -0.2) is 76.8 Å². The number of carbonyl (C=O) groups excluding carboxylic acids is 3. The van der Waals surface area contributed by atoms with E-state index in [1.807, 2.05) is 48.5 Å². The summed E-state index contributed by atoms with van der Waals surface area (Å²) in [7, 11) is 0. The molecule has 52 heavy (non-hydrogen) atoms. The zero-order valence-electron chi connectivity index (χ0n) is 28.6. The van der Waals surface area contributed by atoms with Gasteiger partial charge in [-0.3, -0.25) is 24.2 Å². The quantitative estimate of drug-likeness (QED) is 0.219. The number of halogens is 3. The Labute approximate surface area is 299 Å². The second-order valence-corrected chi connectivity index (χ2v) is 13.4. The van der Waals surface area contributed by atoms with Crippen molar-refractivity contribution in [3.05, 3.63) is 125 Å². The molecule has 0 spiro atoms. The number of para-hydroxylation sites is 1. The molecule has 3 aromatic carbocycles. The summed E-state index contributed by atoms with van der Waals surface area (Å²) in [5, 5.41) is 10.4. The maximum absolute atomic E-state index is 14.4. The molecule has 2 unspecified atom stereocenters. The van der Waals surface area contributed by atoms with Gasteiger partial charge in [-0.15, -0.1) is 0 Å². The summed E-state index contributed by atoms with van der Waals surface area (Å²) in [5.41, 5.74) is 2.03. The third-order valence-electron chi connectivity index (χ3n) is 10.1. The topological polar surface area (TPSA) is 109 Å². The summed E-state index contributed by atoms with van der Waals surface area (Å²) in [6.45, 7) is 8.17. The third-order valence-corrected chi connectivity index (χ3v) is 10.1. The van der Waals surface area contributed by atoms with Crippen molar-refractivity contribution in [1.82, 2.24) is 25.3 Å². The first-order valence-electron chi connectivity index (χ1n) is 17.3. The molecule has 1 aromatic heterocycles. The van der Waals surface area contributed by atoms with Crippen LogP contribution in [0.5, 0.6) is 0 Å². The highest BCUT2D eigenvalue weighted by Gasteiger charge is 2.44. The molecule has 4 aliphatic rings. The molecule has 5 heterocycles. The number of piperidine rings is 1. The number of rotatable bonds is 10. The molecule has 0 saturated carbocycles. The fraction of sp³-hybridized carbons (Fsp3) is 0.333. The van der Waals surface area contributed by atoms with Crippen LogP contribution in [0.4, 0.5) is 19.0 Å². The molecule has 2 N–H and O–H groups in total. The minimum atomic E-state index is -4.65. The molecular formula is C39H39F3N6O4. The number of morpholine rings is 1. The van der Waals surface area contributed by atoms with E-state index in [0.29, 0.717) is 35.7 Å². The summed E-state index contributed by atoms with van der Waals surface area (Å²) in [4.78, 5) is 44.9. The molecule has 270 valence electrons. The second-order valence-electron chi connectivity index (χ2n) is 13.4. The van der Waals surface area contributed by atoms with Crippen LogP contribution < -0.4 is 15.5 Å². The van der Waals surface area contributed by atoms with Gasteiger partial charge in [0.1, 0.15) is 11.9 Å². The Morgan fingerprint density at radius 3 is 2.50 bits per heavy atom. The molecule has 4 aliphatic heterocycles. The van der Waals surface area contributed by atoms with Gasteiger partial charge < -0.3 is 15.4 Å².